The largest absolute Gasteiger partial charge is 0.495 e. The van der Waals surface area contributed by atoms with Gasteiger partial charge in [-0.3, -0.25) is 4.90 Å². The van der Waals surface area contributed by atoms with Gasteiger partial charge in [-0.05, 0) is 24.8 Å². The standard InChI is InChI=1S/C19H28ClN3O4/c1-25-17-12-18(26-2)16(11-15(17)20)21-19(24)23-5-3-14(4-6-23)13-22-7-9-27-10-8-22/h11-12,14H,3-10,13H2,1-2H3,(H,21,24). The van der Waals surface area contributed by atoms with E-state index in [1.807, 2.05) is 4.90 Å². The number of benzene rings is 1. The number of piperidine rings is 1. The highest BCUT2D eigenvalue weighted by Crippen LogP contribution is 2.36. The molecule has 2 saturated heterocycles. The molecule has 27 heavy (non-hydrogen) atoms. The second-order valence-electron chi connectivity index (χ2n) is 6.96. The van der Waals surface area contributed by atoms with Gasteiger partial charge in [0.1, 0.15) is 11.5 Å². The lowest BCUT2D eigenvalue weighted by atomic mass is 9.96. The Labute approximate surface area is 165 Å². The first-order valence-corrected chi connectivity index (χ1v) is 9.76. The number of urea groups is 1. The molecule has 0 spiro atoms. The molecule has 150 valence electrons. The van der Waals surface area contributed by atoms with Crippen molar-refractivity contribution < 1.29 is 19.0 Å². The third kappa shape index (κ3) is 5.18. The first-order chi connectivity index (χ1) is 13.1. The van der Waals surface area contributed by atoms with Crippen LogP contribution in [0.2, 0.25) is 5.02 Å². The Morgan fingerprint density at radius 2 is 1.81 bits per heavy atom. The van der Waals surface area contributed by atoms with E-state index in [1.54, 1.807) is 26.4 Å². The molecular formula is C19H28ClN3O4. The number of carbonyl (C=O) groups is 1. The van der Waals surface area contributed by atoms with Gasteiger partial charge >= 0.3 is 6.03 Å². The second kappa shape index (κ2) is 9.48. The van der Waals surface area contributed by atoms with E-state index in [9.17, 15) is 4.79 Å². The number of rotatable bonds is 5. The number of amides is 2. The van der Waals surface area contributed by atoms with Crippen LogP contribution in [-0.2, 0) is 4.74 Å². The van der Waals surface area contributed by atoms with Crippen molar-refractivity contribution in [2.45, 2.75) is 12.8 Å². The van der Waals surface area contributed by atoms with Crippen LogP contribution in [0.3, 0.4) is 0 Å². The Morgan fingerprint density at radius 1 is 1.15 bits per heavy atom. The Bertz CT molecular complexity index is 644. The molecule has 1 aromatic carbocycles. The molecule has 2 amide bonds. The quantitative estimate of drug-likeness (QED) is 0.827. The fourth-order valence-corrected chi connectivity index (χ4v) is 3.86. The minimum absolute atomic E-state index is 0.126. The van der Waals surface area contributed by atoms with E-state index in [0.29, 0.717) is 28.1 Å². The highest BCUT2D eigenvalue weighted by Gasteiger charge is 2.25. The normalized spacial score (nSPS) is 19.0. The van der Waals surface area contributed by atoms with Crippen LogP contribution in [-0.4, -0.2) is 76.0 Å². The number of likely N-dealkylation sites (tertiary alicyclic amines) is 1. The molecule has 0 bridgehead atoms. The van der Waals surface area contributed by atoms with Crippen molar-refractivity contribution in [3.05, 3.63) is 17.2 Å². The second-order valence-corrected chi connectivity index (χ2v) is 7.37. The summed E-state index contributed by atoms with van der Waals surface area (Å²) in [5.41, 5.74) is 0.545. The van der Waals surface area contributed by atoms with Gasteiger partial charge < -0.3 is 24.4 Å². The van der Waals surface area contributed by atoms with E-state index in [-0.39, 0.29) is 6.03 Å². The summed E-state index contributed by atoms with van der Waals surface area (Å²) in [5.74, 6) is 1.67. The highest BCUT2D eigenvalue weighted by atomic mass is 35.5. The van der Waals surface area contributed by atoms with Gasteiger partial charge in [-0.25, -0.2) is 4.79 Å². The summed E-state index contributed by atoms with van der Waals surface area (Å²) >= 11 is 6.18. The van der Waals surface area contributed by atoms with Crippen LogP contribution in [0.25, 0.3) is 0 Å². The SMILES string of the molecule is COc1cc(OC)c(NC(=O)N2CCC(CN3CCOCC3)CC2)cc1Cl. The van der Waals surface area contributed by atoms with Gasteiger partial charge in [0.25, 0.3) is 0 Å². The van der Waals surface area contributed by atoms with E-state index >= 15 is 0 Å². The van der Waals surface area contributed by atoms with Gasteiger partial charge in [0.15, 0.2) is 0 Å². The number of hydrogen-bond donors (Lipinski definition) is 1. The molecule has 8 heteroatoms. The summed E-state index contributed by atoms with van der Waals surface area (Å²) in [4.78, 5) is 17.0. The number of anilines is 1. The molecule has 2 heterocycles. The van der Waals surface area contributed by atoms with E-state index < -0.39 is 0 Å². The maximum Gasteiger partial charge on any atom is 0.321 e. The van der Waals surface area contributed by atoms with E-state index in [1.165, 1.54) is 0 Å². The topological polar surface area (TPSA) is 63.3 Å². The van der Waals surface area contributed by atoms with E-state index in [4.69, 9.17) is 25.8 Å². The summed E-state index contributed by atoms with van der Waals surface area (Å²) in [6.07, 6.45) is 2.04. The van der Waals surface area contributed by atoms with Gasteiger partial charge in [0.05, 0.1) is 38.1 Å². The number of methoxy groups -OCH3 is 2. The molecule has 0 radical (unpaired) electrons. The highest BCUT2D eigenvalue weighted by molar-refractivity contribution is 6.32. The fraction of sp³-hybridized carbons (Fsp3) is 0.632. The average molecular weight is 398 g/mol. The Morgan fingerprint density at radius 3 is 2.44 bits per heavy atom. The molecule has 2 aliphatic heterocycles. The van der Waals surface area contributed by atoms with Crippen molar-refractivity contribution in [1.29, 1.82) is 0 Å². The molecule has 7 nitrogen and oxygen atoms in total. The molecule has 0 saturated carbocycles. The molecular weight excluding hydrogens is 370 g/mol. The molecule has 2 aliphatic rings. The van der Waals surface area contributed by atoms with Crippen LogP contribution >= 0.6 is 11.6 Å². The van der Waals surface area contributed by atoms with E-state index in [0.717, 1.165) is 58.8 Å². The van der Waals surface area contributed by atoms with Crippen molar-refractivity contribution in [1.82, 2.24) is 9.80 Å². The minimum Gasteiger partial charge on any atom is -0.495 e. The summed E-state index contributed by atoms with van der Waals surface area (Å²) in [5, 5.41) is 3.34. The van der Waals surface area contributed by atoms with Crippen LogP contribution in [0, 0.1) is 5.92 Å². The maximum absolute atomic E-state index is 12.7. The smallest absolute Gasteiger partial charge is 0.321 e. The third-order valence-electron chi connectivity index (χ3n) is 5.24. The molecule has 3 rings (SSSR count). The number of ether oxygens (including phenoxy) is 3. The Kier molecular flexibility index (Phi) is 7.04. The Hall–Kier alpha value is -1.70. The average Bonchev–Trinajstić information content (AvgIpc) is 2.69. The summed E-state index contributed by atoms with van der Waals surface area (Å²) in [7, 11) is 3.09. The summed E-state index contributed by atoms with van der Waals surface area (Å²) in [6, 6.07) is 3.20. The van der Waals surface area contributed by atoms with Crippen LogP contribution in [0.4, 0.5) is 10.5 Å². The zero-order valence-electron chi connectivity index (χ0n) is 16.0. The molecule has 1 aromatic rings. The number of nitrogens with zero attached hydrogens (tertiary/aromatic N) is 2. The first-order valence-electron chi connectivity index (χ1n) is 9.38. The molecule has 0 unspecified atom stereocenters. The molecule has 0 aromatic heterocycles. The van der Waals surface area contributed by atoms with Crippen molar-refractivity contribution in [3.8, 4) is 11.5 Å². The predicted octanol–water partition coefficient (Wildman–Crippen LogP) is 2.93. The predicted molar refractivity (Wildman–Crippen MR) is 105 cm³/mol. The maximum atomic E-state index is 12.7. The van der Waals surface area contributed by atoms with Crippen molar-refractivity contribution in [3.63, 3.8) is 0 Å². The van der Waals surface area contributed by atoms with Crippen molar-refractivity contribution in [2.24, 2.45) is 5.92 Å². The van der Waals surface area contributed by atoms with Crippen LogP contribution in [0.5, 0.6) is 11.5 Å². The molecule has 2 fully saturated rings. The van der Waals surface area contributed by atoms with Gasteiger partial charge in [-0.1, -0.05) is 11.6 Å². The van der Waals surface area contributed by atoms with Crippen LogP contribution < -0.4 is 14.8 Å². The summed E-state index contributed by atoms with van der Waals surface area (Å²) < 4.78 is 15.9. The molecule has 0 aliphatic carbocycles. The fourth-order valence-electron chi connectivity index (χ4n) is 3.62. The monoisotopic (exact) mass is 397 g/mol. The number of morpholine rings is 1. The lowest BCUT2D eigenvalue weighted by Gasteiger charge is -2.36. The van der Waals surface area contributed by atoms with E-state index in [2.05, 4.69) is 10.2 Å². The van der Waals surface area contributed by atoms with Gasteiger partial charge in [0, 0.05) is 38.8 Å². The zero-order chi connectivity index (χ0) is 19.2. The third-order valence-corrected chi connectivity index (χ3v) is 5.53. The van der Waals surface area contributed by atoms with Crippen LogP contribution in [0.1, 0.15) is 12.8 Å². The summed E-state index contributed by atoms with van der Waals surface area (Å²) in [6.45, 7) is 6.29. The number of nitrogens with one attached hydrogen (secondary N) is 1. The zero-order valence-corrected chi connectivity index (χ0v) is 16.8. The van der Waals surface area contributed by atoms with Crippen LogP contribution in [0.15, 0.2) is 12.1 Å². The first kappa shape index (κ1) is 20.0. The lowest BCUT2D eigenvalue weighted by molar-refractivity contribution is 0.0260. The number of carbonyl (C=O) groups excluding carboxylic acids is 1. The minimum atomic E-state index is -0.126. The molecule has 1 N–H and O–H groups in total. The lowest BCUT2D eigenvalue weighted by Crippen LogP contribution is -2.45. The van der Waals surface area contributed by atoms with Gasteiger partial charge in [0.2, 0.25) is 0 Å². The number of halogens is 1. The Balaban J connectivity index is 1.53. The number of hydrogen-bond acceptors (Lipinski definition) is 5. The molecule has 0 atom stereocenters. The van der Waals surface area contributed by atoms with Gasteiger partial charge in [-0.2, -0.15) is 0 Å². The van der Waals surface area contributed by atoms with Crippen molar-refractivity contribution >= 4 is 23.3 Å². The van der Waals surface area contributed by atoms with Gasteiger partial charge in [-0.15, -0.1) is 0 Å². The van der Waals surface area contributed by atoms with Crippen molar-refractivity contribution in [2.75, 3.05) is 65.5 Å².